The van der Waals surface area contributed by atoms with Crippen LogP contribution in [-0.4, -0.2) is 35.1 Å². The number of carboxylic acids is 1. The summed E-state index contributed by atoms with van der Waals surface area (Å²) in [4.78, 5) is 13.0. The number of carbonyl (C=O) groups is 1. The first kappa shape index (κ1) is 12.5. The second-order valence-electron chi connectivity index (χ2n) is 4.67. The van der Waals surface area contributed by atoms with Crippen molar-refractivity contribution in [2.45, 2.75) is 52.0 Å². The molecule has 0 spiro atoms. The van der Waals surface area contributed by atoms with E-state index in [1.807, 2.05) is 0 Å². The number of rotatable bonds is 5. The molecule has 0 radical (unpaired) electrons. The lowest BCUT2D eigenvalue weighted by atomic mass is 9.91. The summed E-state index contributed by atoms with van der Waals surface area (Å²) in [6.45, 7) is 6.80. The number of hydrogen-bond acceptors (Lipinski definition) is 2. The van der Waals surface area contributed by atoms with Gasteiger partial charge in [0.15, 0.2) is 0 Å². The van der Waals surface area contributed by atoms with E-state index in [4.69, 9.17) is 5.11 Å². The minimum absolute atomic E-state index is 0.341. The normalized spacial score (nSPS) is 21.5. The summed E-state index contributed by atoms with van der Waals surface area (Å²) in [6, 6.07) is 0.686. The van der Waals surface area contributed by atoms with Gasteiger partial charge in [-0.1, -0.05) is 6.92 Å². The zero-order valence-electron chi connectivity index (χ0n) is 9.91. The Morgan fingerprint density at radius 1 is 1.47 bits per heavy atom. The largest absolute Gasteiger partial charge is 0.481 e. The van der Waals surface area contributed by atoms with Gasteiger partial charge >= 0.3 is 5.97 Å². The van der Waals surface area contributed by atoms with Gasteiger partial charge in [0.05, 0.1) is 0 Å². The highest BCUT2D eigenvalue weighted by atomic mass is 16.4. The Bertz CT molecular complexity index is 198. The molecule has 1 rings (SSSR count). The van der Waals surface area contributed by atoms with Gasteiger partial charge in [0.1, 0.15) is 0 Å². The van der Waals surface area contributed by atoms with Crippen LogP contribution in [0.15, 0.2) is 0 Å². The van der Waals surface area contributed by atoms with Crippen molar-refractivity contribution < 1.29 is 9.90 Å². The molecule has 1 aliphatic heterocycles. The van der Waals surface area contributed by atoms with Crippen molar-refractivity contribution in [2.75, 3.05) is 13.1 Å². The number of nitrogens with zero attached hydrogens (tertiary/aromatic N) is 1. The van der Waals surface area contributed by atoms with Crippen LogP contribution < -0.4 is 0 Å². The van der Waals surface area contributed by atoms with E-state index in [1.165, 1.54) is 19.3 Å². The van der Waals surface area contributed by atoms with Crippen molar-refractivity contribution in [1.29, 1.82) is 0 Å². The van der Waals surface area contributed by atoms with Crippen LogP contribution in [0, 0.1) is 5.92 Å². The van der Waals surface area contributed by atoms with E-state index in [1.54, 1.807) is 0 Å². The highest BCUT2D eigenvalue weighted by Gasteiger charge is 2.21. The minimum Gasteiger partial charge on any atom is -0.481 e. The predicted octanol–water partition coefficient (Wildman–Crippen LogP) is 2.36. The van der Waals surface area contributed by atoms with E-state index >= 15 is 0 Å². The molecule has 1 fully saturated rings. The van der Waals surface area contributed by atoms with E-state index in [9.17, 15) is 4.79 Å². The van der Waals surface area contributed by atoms with Gasteiger partial charge in [0.25, 0.3) is 0 Å². The molecular weight excluding hydrogens is 190 g/mol. The topological polar surface area (TPSA) is 40.5 Å². The number of aliphatic carboxylic acids is 1. The summed E-state index contributed by atoms with van der Waals surface area (Å²) in [5, 5.41) is 8.61. The quantitative estimate of drug-likeness (QED) is 0.762. The zero-order chi connectivity index (χ0) is 11.3. The molecule has 15 heavy (non-hydrogen) atoms. The standard InChI is InChI=1S/C12H23NO2/c1-3-10(2)13-8-6-11(7-9-13)4-5-12(14)15/h10-11H,3-9H2,1-2H3,(H,14,15). The smallest absolute Gasteiger partial charge is 0.303 e. The van der Waals surface area contributed by atoms with Crippen molar-refractivity contribution >= 4 is 5.97 Å². The van der Waals surface area contributed by atoms with Gasteiger partial charge in [-0.2, -0.15) is 0 Å². The molecule has 0 aliphatic carbocycles. The molecule has 3 nitrogen and oxygen atoms in total. The average molecular weight is 213 g/mol. The number of carboxylic acid groups (broad SMARTS) is 1. The summed E-state index contributed by atoms with van der Waals surface area (Å²) in [5.41, 5.74) is 0. The summed E-state index contributed by atoms with van der Waals surface area (Å²) in [6.07, 6.45) is 4.77. The fourth-order valence-corrected chi connectivity index (χ4v) is 2.27. The molecule has 88 valence electrons. The number of piperidine rings is 1. The van der Waals surface area contributed by atoms with Gasteiger partial charge in [0.2, 0.25) is 0 Å². The summed E-state index contributed by atoms with van der Waals surface area (Å²) < 4.78 is 0. The Labute approximate surface area is 92.5 Å². The monoisotopic (exact) mass is 213 g/mol. The Balaban J connectivity index is 2.20. The summed E-state index contributed by atoms with van der Waals surface area (Å²) >= 11 is 0. The van der Waals surface area contributed by atoms with Crippen LogP contribution in [0.4, 0.5) is 0 Å². The third-order valence-electron chi connectivity index (χ3n) is 3.63. The van der Waals surface area contributed by atoms with Crippen LogP contribution in [0.25, 0.3) is 0 Å². The van der Waals surface area contributed by atoms with E-state index in [0.717, 1.165) is 19.5 Å². The van der Waals surface area contributed by atoms with Gasteiger partial charge in [-0.05, 0) is 51.6 Å². The molecule has 0 bridgehead atoms. The molecule has 1 heterocycles. The van der Waals surface area contributed by atoms with Gasteiger partial charge in [-0.3, -0.25) is 4.79 Å². The van der Waals surface area contributed by atoms with Crippen LogP contribution in [0.1, 0.15) is 46.0 Å². The van der Waals surface area contributed by atoms with Crippen molar-refractivity contribution in [3.05, 3.63) is 0 Å². The van der Waals surface area contributed by atoms with E-state index in [2.05, 4.69) is 18.7 Å². The molecule has 0 aromatic carbocycles. The van der Waals surface area contributed by atoms with E-state index in [0.29, 0.717) is 18.4 Å². The molecule has 1 unspecified atom stereocenters. The van der Waals surface area contributed by atoms with Crippen LogP contribution in [0.2, 0.25) is 0 Å². The van der Waals surface area contributed by atoms with Gasteiger partial charge in [-0.15, -0.1) is 0 Å². The van der Waals surface area contributed by atoms with Crippen molar-refractivity contribution in [2.24, 2.45) is 5.92 Å². The molecule has 1 atom stereocenters. The number of likely N-dealkylation sites (tertiary alicyclic amines) is 1. The minimum atomic E-state index is -0.653. The Hall–Kier alpha value is -0.570. The van der Waals surface area contributed by atoms with Gasteiger partial charge in [-0.25, -0.2) is 0 Å². The fourth-order valence-electron chi connectivity index (χ4n) is 2.27. The molecule has 1 saturated heterocycles. The molecule has 1 N–H and O–H groups in total. The maximum absolute atomic E-state index is 10.5. The third-order valence-corrected chi connectivity index (χ3v) is 3.63. The molecule has 3 heteroatoms. The second-order valence-corrected chi connectivity index (χ2v) is 4.67. The van der Waals surface area contributed by atoms with E-state index in [-0.39, 0.29) is 0 Å². The van der Waals surface area contributed by atoms with Crippen LogP contribution in [0.5, 0.6) is 0 Å². The molecule has 0 amide bonds. The maximum Gasteiger partial charge on any atom is 0.303 e. The summed E-state index contributed by atoms with van der Waals surface area (Å²) in [7, 11) is 0. The van der Waals surface area contributed by atoms with Crippen LogP contribution in [0.3, 0.4) is 0 Å². The highest BCUT2D eigenvalue weighted by molar-refractivity contribution is 5.66. The first-order chi connectivity index (χ1) is 7.13. The van der Waals surface area contributed by atoms with Gasteiger partial charge < -0.3 is 10.0 Å². The SMILES string of the molecule is CCC(C)N1CCC(CCC(=O)O)CC1. The first-order valence-electron chi connectivity index (χ1n) is 6.09. The Morgan fingerprint density at radius 2 is 2.07 bits per heavy atom. The maximum atomic E-state index is 10.5. The van der Waals surface area contributed by atoms with Crippen LogP contribution in [-0.2, 0) is 4.79 Å². The average Bonchev–Trinajstić information content (AvgIpc) is 2.26. The Kier molecular flexibility index (Phi) is 5.09. The molecule has 0 aromatic heterocycles. The lowest BCUT2D eigenvalue weighted by Crippen LogP contribution is -2.39. The van der Waals surface area contributed by atoms with Crippen molar-refractivity contribution in [1.82, 2.24) is 4.90 Å². The van der Waals surface area contributed by atoms with Crippen LogP contribution >= 0.6 is 0 Å². The highest BCUT2D eigenvalue weighted by Crippen LogP contribution is 2.23. The zero-order valence-corrected chi connectivity index (χ0v) is 9.91. The summed E-state index contributed by atoms with van der Waals surface area (Å²) in [5.74, 6) is -0.0132. The van der Waals surface area contributed by atoms with Crippen molar-refractivity contribution in [3.63, 3.8) is 0 Å². The first-order valence-corrected chi connectivity index (χ1v) is 6.09. The number of hydrogen-bond donors (Lipinski definition) is 1. The lowest BCUT2D eigenvalue weighted by Gasteiger charge is -2.35. The lowest BCUT2D eigenvalue weighted by molar-refractivity contribution is -0.137. The third kappa shape index (κ3) is 4.20. The molecule has 0 aromatic rings. The van der Waals surface area contributed by atoms with Crippen molar-refractivity contribution in [3.8, 4) is 0 Å². The fraction of sp³-hybridized carbons (Fsp3) is 0.917. The van der Waals surface area contributed by atoms with E-state index < -0.39 is 5.97 Å². The second kappa shape index (κ2) is 6.11. The molecule has 1 aliphatic rings. The Morgan fingerprint density at radius 3 is 2.53 bits per heavy atom. The molecule has 0 saturated carbocycles. The molecular formula is C12H23NO2. The van der Waals surface area contributed by atoms with Gasteiger partial charge in [0, 0.05) is 12.5 Å². The predicted molar refractivity (Wildman–Crippen MR) is 60.9 cm³/mol.